The normalized spacial score (nSPS) is 10.8. The highest BCUT2D eigenvalue weighted by molar-refractivity contribution is 5.79. The van der Waals surface area contributed by atoms with Gasteiger partial charge in [0.05, 0.1) is 12.7 Å². The number of hydrogen-bond donors (Lipinski definition) is 2. The Bertz CT molecular complexity index is 351. The van der Waals surface area contributed by atoms with E-state index in [0.29, 0.717) is 19.7 Å². The van der Waals surface area contributed by atoms with E-state index in [0.717, 1.165) is 11.7 Å². The second-order valence-corrected chi connectivity index (χ2v) is 3.21. The van der Waals surface area contributed by atoms with Gasteiger partial charge in [0, 0.05) is 19.8 Å². The fraction of sp³-hybridized carbons (Fsp3) is 0.333. The predicted octanol–water partition coefficient (Wildman–Crippen LogP) is 0.811. The van der Waals surface area contributed by atoms with E-state index in [4.69, 9.17) is 4.74 Å². The molecule has 0 spiro atoms. The van der Waals surface area contributed by atoms with Crippen molar-refractivity contribution >= 4 is 5.96 Å². The molecule has 0 unspecified atom stereocenters. The number of nitrogens with zero attached hydrogens (tertiary/aromatic N) is 2. The predicted molar refractivity (Wildman–Crippen MR) is 69.3 cm³/mol. The summed E-state index contributed by atoms with van der Waals surface area (Å²) in [5.74, 6) is 1.50. The number of hydrogen-bond acceptors (Lipinski definition) is 3. The summed E-state index contributed by atoms with van der Waals surface area (Å²) >= 11 is 0. The van der Waals surface area contributed by atoms with Gasteiger partial charge in [-0.1, -0.05) is 6.08 Å². The molecule has 0 fully saturated rings. The smallest absolute Gasteiger partial charge is 0.191 e. The maximum Gasteiger partial charge on any atom is 0.191 e. The van der Waals surface area contributed by atoms with Crippen molar-refractivity contribution in [3.05, 3.63) is 37.2 Å². The molecular formula is C12H18N4O. The molecule has 5 heteroatoms. The van der Waals surface area contributed by atoms with Crippen molar-refractivity contribution in [2.24, 2.45) is 4.99 Å². The largest absolute Gasteiger partial charge is 0.490 e. The summed E-state index contributed by atoms with van der Waals surface area (Å²) in [7, 11) is 1.72. The van der Waals surface area contributed by atoms with Gasteiger partial charge in [-0.2, -0.15) is 0 Å². The summed E-state index contributed by atoms with van der Waals surface area (Å²) in [4.78, 5) is 8.01. The van der Waals surface area contributed by atoms with E-state index in [-0.39, 0.29) is 0 Å². The molecular weight excluding hydrogens is 216 g/mol. The summed E-state index contributed by atoms with van der Waals surface area (Å²) in [5, 5.41) is 6.19. The van der Waals surface area contributed by atoms with E-state index in [1.54, 1.807) is 25.5 Å². The van der Waals surface area contributed by atoms with Crippen molar-refractivity contribution in [3.8, 4) is 5.75 Å². The molecule has 0 aliphatic rings. The van der Waals surface area contributed by atoms with Gasteiger partial charge in [-0.3, -0.25) is 9.98 Å². The van der Waals surface area contributed by atoms with Crippen LogP contribution >= 0.6 is 0 Å². The molecule has 0 radical (unpaired) electrons. The Morgan fingerprint density at radius 3 is 3.12 bits per heavy atom. The minimum atomic E-state index is 0.556. The van der Waals surface area contributed by atoms with Gasteiger partial charge in [0.25, 0.3) is 0 Å². The fourth-order valence-corrected chi connectivity index (χ4v) is 1.16. The summed E-state index contributed by atoms with van der Waals surface area (Å²) < 4.78 is 5.48. The lowest BCUT2D eigenvalue weighted by molar-refractivity contribution is 0.320. The second-order valence-electron chi connectivity index (χ2n) is 3.21. The molecule has 92 valence electrons. The van der Waals surface area contributed by atoms with Crippen molar-refractivity contribution < 1.29 is 4.74 Å². The lowest BCUT2D eigenvalue weighted by Crippen LogP contribution is -2.39. The van der Waals surface area contributed by atoms with Crippen LogP contribution in [-0.4, -0.2) is 37.7 Å². The van der Waals surface area contributed by atoms with Gasteiger partial charge < -0.3 is 15.4 Å². The number of rotatable bonds is 6. The van der Waals surface area contributed by atoms with Gasteiger partial charge >= 0.3 is 0 Å². The molecule has 0 atom stereocenters. The van der Waals surface area contributed by atoms with Gasteiger partial charge in [-0.05, 0) is 12.1 Å². The molecule has 0 bridgehead atoms. The van der Waals surface area contributed by atoms with E-state index in [1.807, 2.05) is 12.1 Å². The van der Waals surface area contributed by atoms with E-state index >= 15 is 0 Å². The van der Waals surface area contributed by atoms with Crippen LogP contribution in [-0.2, 0) is 0 Å². The van der Waals surface area contributed by atoms with Crippen LogP contribution in [0.3, 0.4) is 0 Å². The number of aliphatic imine (C=N–C) groups is 1. The number of ether oxygens (including phenoxy) is 1. The zero-order valence-electron chi connectivity index (χ0n) is 10.0. The first-order valence-corrected chi connectivity index (χ1v) is 5.45. The van der Waals surface area contributed by atoms with Crippen LogP contribution in [0.2, 0.25) is 0 Å². The molecule has 0 aliphatic carbocycles. The van der Waals surface area contributed by atoms with Crippen molar-refractivity contribution in [1.82, 2.24) is 15.6 Å². The van der Waals surface area contributed by atoms with Crippen molar-refractivity contribution in [3.63, 3.8) is 0 Å². The maximum atomic E-state index is 5.48. The van der Waals surface area contributed by atoms with Crippen molar-refractivity contribution in [2.75, 3.05) is 26.7 Å². The highest BCUT2D eigenvalue weighted by atomic mass is 16.5. The summed E-state index contributed by atoms with van der Waals surface area (Å²) in [5.41, 5.74) is 0. The van der Waals surface area contributed by atoms with E-state index in [2.05, 4.69) is 27.2 Å². The zero-order chi connectivity index (χ0) is 12.3. The lowest BCUT2D eigenvalue weighted by atomic mass is 10.5. The Balaban J connectivity index is 2.17. The van der Waals surface area contributed by atoms with Crippen LogP contribution in [0.25, 0.3) is 0 Å². The van der Waals surface area contributed by atoms with Gasteiger partial charge in [-0.25, -0.2) is 0 Å². The lowest BCUT2D eigenvalue weighted by Gasteiger charge is -2.10. The maximum absolute atomic E-state index is 5.48. The monoisotopic (exact) mass is 234 g/mol. The summed E-state index contributed by atoms with van der Waals surface area (Å²) in [6.45, 7) is 5.54. The molecule has 1 heterocycles. The van der Waals surface area contributed by atoms with Gasteiger partial charge in [0.15, 0.2) is 5.96 Å². The summed E-state index contributed by atoms with van der Waals surface area (Å²) in [6.07, 6.45) is 5.18. The molecule has 0 aliphatic heterocycles. The van der Waals surface area contributed by atoms with Gasteiger partial charge in [0.2, 0.25) is 0 Å². The molecule has 17 heavy (non-hydrogen) atoms. The molecule has 5 nitrogen and oxygen atoms in total. The molecule has 0 saturated heterocycles. The third-order valence-corrected chi connectivity index (χ3v) is 1.94. The molecule has 0 saturated carbocycles. The number of aromatic nitrogens is 1. The SMILES string of the molecule is C=CCNC(=NC)NCCOc1cccnc1. The van der Waals surface area contributed by atoms with Gasteiger partial charge in [-0.15, -0.1) is 6.58 Å². The third kappa shape index (κ3) is 5.55. The Labute approximate surface area is 102 Å². The zero-order valence-corrected chi connectivity index (χ0v) is 10.0. The molecule has 2 N–H and O–H groups in total. The Hall–Kier alpha value is -2.04. The van der Waals surface area contributed by atoms with Crippen LogP contribution in [0.15, 0.2) is 42.2 Å². The Kier molecular flexibility index (Phi) is 6.25. The molecule has 0 amide bonds. The average Bonchev–Trinajstić information content (AvgIpc) is 2.39. The van der Waals surface area contributed by atoms with Gasteiger partial charge in [0.1, 0.15) is 12.4 Å². The quantitative estimate of drug-likeness (QED) is 0.331. The number of nitrogens with one attached hydrogen (secondary N) is 2. The van der Waals surface area contributed by atoms with Crippen molar-refractivity contribution in [2.45, 2.75) is 0 Å². The Morgan fingerprint density at radius 1 is 1.59 bits per heavy atom. The van der Waals surface area contributed by atoms with Crippen LogP contribution in [0.5, 0.6) is 5.75 Å². The third-order valence-electron chi connectivity index (χ3n) is 1.94. The van der Waals surface area contributed by atoms with Crippen LogP contribution in [0, 0.1) is 0 Å². The van der Waals surface area contributed by atoms with E-state index in [9.17, 15) is 0 Å². The minimum Gasteiger partial charge on any atom is -0.490 e. The topological polar surface area (TPSA) is 58.5 Å². The van der Waals surface area contributed by atoms with E-state index < -0.39 is 0 Å². The first-order chi connectivity index (χ1) is 8.36. The van der Waals surface area contributed by atoms with Crippen molar-refractivity contribution in [1.29, 1.82) is 0 Å². The van der Waals surface area contributed by atoms with Crippen LogP contribution < -0.4 is 15.4 Å². The van der Waals surface area contributed by atoms with E-state index in [1.165, 1.54) is 0 Å². The number of pyridine rings is 1. The summed E-state index contributed by atoms with van der Waals surface area (Å²) in [6, 6.07) is 3.71. The standard InChI is InChI=1S/C12H18N4O/c1-3-6-15-12(13-2)16-8-9-17-11-5-4-7-14-10-11/h3-5,7,10H,1,6,8-9H2,2H3,(H2,13,15,16). The average molecular weight is 234 g/mol. The van der Waals surface area contributed by atoms with Crippen LogP contribution in [0.4, 0.5) is 0 Å². The highest BCUT2D eigenvalue weighted by Gasteiger charge is 1.95. The molecule has 1 rings (SSSR count). The highest BCUT2D eigenvalue weighted by Crippen LogP contribution is 2.04. The van der Waals surface area contributed by atoms with Crippen LogP contribution in [0.1, 0.15) is 0 Å². The number of guanidine groups is 1. The molecule has 1 aromatic heterocycles. The minimum absolute atomic E-state index is 0.556. The second kappa shape index (κ2) is 8.15. The molecule has 0 aromatic carbocycles. The first kappa shape index (κ1) is 13.0. The Morgan fingerprint density at radius 2 is 2.47 bits per heavy atom. The first-order valence-electron chi connectivity index (χ1n) is 5.45. The fourth-order valence-electron chi connectivity index (χ4n) is 1.16. The molecule has 1 aromatic rings.